The second-order valence-electron chi connectivity index (χ2n) is 2.71. The van der Waals surface area contributed by atoms with Crippen LogP contribution in [0.15, 0.2) is 0 Å². The number of nitrogens with one attached hydrogen (secondary N) is 1. The Morgan fingerprint density at radius 2 is 2.09 bits per heavy atom. The van der Waals surface area contributed by atoms with Crippen LogP contribution in [0.1, 0.15) is 26.7 Å². The van der Waals surface area contributed by atoms with Crippen molar-refractivity contribution in [2.45, 2.75) is 26.7 Å². The van der Waals surface area contributed by atoms with Crippen LogP contribution >= 0.6 is 0 Å². The van der Waals surface area contributed by atoms with E-state index in [4.69, 9.17) is 5.41 Å². The average Bonchev–Trinajstić information content (AvgIpc) is 1.98. The number of amides is 1. The second-order valence-corrected chi connectivity index (χ2v) is 2.71. The fourth-order valence-electron chi connectivity index (χ4n) is 0.783. The molecule has 0 aliphatic carbocycles. The second kappa shape index (κ2) is 4.88. The van der Waals surface area contributed by atoms with Gasteiger partial charge in [-0.15, -0.1) is 0 Å². The molecule has 0 radical (unpaired) electrons. The molecule has 0 saturated carbocycles. The summed E-state index contributed by atoms with van der Waals surface area (Å²) in [6.07, 6.45) is 2.09. The van der Waals surface area contributed by atoms with Gasteiger partial charge in [0.1, 0.15) is 0 Å². The minimum Gasteiger partial charge on any atom is -0.341 e. The van der Waals surface area contributed by atoms with E-state index in [9.17, 15) is 4.79 Å². The van der Waals surface area contributed by atoms with Crippen molar-refractivity contribution in [3.05, 3.63) is 0 Å². The van der Waals surface area contributed by atoms with Crippen molar-refractivity contribution in [3.8, 4) is 0 Å². The molecule has 3 heteroatoms. The van der Waals surface area contributed by atoms with Gasteiger partial charge in [-0.3, -0.25) is 10.2 Å². The maximum atomic E-state index is 11.1. The van der Waals surface area contributed by atoms with E-state index in [-0.39, 0.29) is 11.6 Å². The molecule has 0 fully saturated rings. The van der Waals surface area contributed by atoms with Crippen molar-refractivity contribution < 1.29 is 4.79 Å². The maximum absolute atomic E-state index is 11.1. The van der Waals surface area contributed by atoms with E-state index < -0.39 is 0 Å². The Balaban J connectivity index is 3.73. The first-order valence-electron chi connectivity index (χ1n) is 3.90. The molecule has 1 amide bonds. The molecule has 0 aliphatic rings. The van der Waals surface area contributed by atoms with E-state index >= 15 is 0 Å². The fraction of sp³-hybridized carbons (Fsp3) is 0.750. The van der Waals surface area contributed by atoms with E-state index in [2.05, 4.69) is 6.92 Å². The van der Waals surface area contributed by atoms with Crippen molar-refractivity contribution in [1.29, 1.82) is 5.41 Å². The Morgan fingerprint density at radius 3 is 2.45 bits per heavy atom. The fourth-order valence-corrected chi connectivity index (χ4v) is 0.783. The first-order chi connectivity index (χ1) is 5.09. The zero-order valence-electron chi connectivity index (χ0n) is 7.48. The van der Waals surface area contributed by atoms with Crippen LogP contribution in [0.25, 0.3) is 0 Å². The SMILES string of the molecule is CCCCN(C)C(=O)C(C)=N. The van der Waals surface area contributed by atoms with E-state index in [0.717, 1.165) is 19.4 Å². The molecule has 0 aromatic rings. The summed E-state index contributed by atoms with van der Waals surface area (Å²) < 4.78 is 0. The molecule has 0 aliphatic heterocycles. The summed E-state index contributed by atoms with van der Waals surface area (Å²) in [7, 11) is 1.73. The third-order valence-electron chi connectivity index (χ3n) is 1.51. The van der Waals surface area contributed by atoms with Crippen molar-refractivity contribution >= 4 is 11.6 Å². The van der Waals surface area contributed by atoms with Gasteiger partial charge in [-0.25, -0.2) is 0 Å². The van der Waals surface area contributed by atoms with Gasteiger partial charge < -0.3 is 4.90 Å². The van der Waals surface area contributed by atoms with Crippen LogP contribution in [-0.2, 0) is 4.79 Å². The number of unbranched alkanes of at least 4 members (excludes halogenated alkanes) is 1. The van der Waals surface area contributed by atoms with Gasteiger partial charge in [-0.2, -0.15) is 0 Å². The van der Waals surface area contributed by atoms with Crippen molar-refractivity contribution in [3.63, 3.8) is 0 Å². The quantitative estimate of drug-likeness (QED) is 0.612. The van der Waals surface area contributed by atoms with Gasteiger partial charge >= 0.3 is 0 Å². The molecule has 0 bridgehead atoms. The van der Waals surface area contributed by atoms with Crippen LogP contribution in [0.5, 0.6) is 0 Å². The van der Waals surface area contributed by atoms with Crippen LogP contribution in [0, 0.1) is 5.41 Å². The summed E-state index contributed by atoms with van der Waals surface area (Å²) in [4.78, 5) is 12.6. The minimum absolute atomic E-state index is 0.114. The Hall–Kier alpha value is -0.860. The van der Waals surface area contributed by atoms with Gasteiger partial charge in [0.05, 0.1) is 5.71 Å². The predicted molar refractivity (Wildman–Crippen MR) is 45.9 cm³/mol. The van der Waals surface area contributed by atoms with Gasteiger partial charge in [0.15, 0.2) is 0 Å². The van der Waals surface area contributed by atoms with Gasteiger partial charge in [-0.1, -0.05) is 13.3 Å². The monoisotopic (exact) mass is 156 g/mol. The number of hydrogen-bond donors (Lipinski definition) is 1. The van der Waals surface area contributed by atoms with Crippen LogP contribution < -0.4 is 0 Å². The number of carbonyl (C=O) groups excluding carboxylic acids is 1. The zero-order valence-corrected chi connectivity index (χ0v) is 7.48. The smallest absolute Gasteiger partial charge is 0.266 e. The molecule has 1 N–H and O–H groups in total. The number of rotatable bonds is 4. The standard InChI is InChI=1S/C8H16N2O/c1-4-5-6-10(3)8(11)7(2)9/h9H,4-6H2,1-3H3. The summed E-state index contributed by atoms with van der Waals surface area (Å²) >= 11 is 0. The average molecular weight is 156 g/mol. The molecule has 0 unspecified atom stereocenters. The highest BCUT2D eigenvalue weighted by atomic mass is 16.2. The van der Waals surface area contributed by atoms with E-state index in [1.165, 1.54) is 6.92 Å². The topological polar surface area (TPSA) is 44.2 Å². The van der Waals surface area contributed by atoms with Crippen molar-refractivity contribution in [1.82, 2.24) is 4.90 Å². The van der Waals surface area contributed by atoms with Gasteiger partial charge in [0.2, 0.25) is 0 Å². The zero-order chi connectivity index (χ0) is 8.85. The lowest BCUT2D eigenvalue weighted by atomic mass is 10.3. The summed E-state index contributed by atoms with van der Waals surface area (Å²) in [5, 5.41) is 7.08. The number of hydrogen-bond acceptors (Lipinski definition) is 2. The third kappa shape index (κ3) is 3.75. The summed E-state index contributed by atoms with van der Waals surface area (Å²) in [6.45, 7) is 4.35. The molecule has 0 aromatic carbocycles. The van der Waals surface area contributed by atoms with Crippen LogP contribution in [0.4, 0.5) is 0 Å². The molecular formula is C8H16N2O. The molecule has 64 valence electrons. The first kappa shape index (κ1) is 10.1. The molecule has 0 rings (SSSR count). The molecule has 3 nitrogen and oxygen atoms in total. The Kier molecular flexibility index (Phi) is 4.50. The number of carbonyl (C=O) groups is 1. The Morgan fingerprint density at radius 1 is 1.55 bits per heavy atom. The highest BCUT2D eigenvalue weighted by Crippen LogP contribution is 1.92. The molecule has 0 heterocycles. The summed E-state index contributed by atoms with van der Waals surface area (Å²) in [6, 6.07) is 0. The predicted octanol–water partition coefficient (Wildman–Crippen LogP) is 1.28. The lowest BCUT2D eigenvalue weighted by Crippen LogP contribution is -2.32. The normalized spacial score (nSPS) is 9.36. The van der Waals surface area contributed by atoms with Gasteiger partial charge in [-0.05, 0) is 13.3 Å². The van der Waals surface area contributed by atoms with E-state index in [0.29, 0.717) is 0 Å². The van der Waals surface area contributed by atoms with E-state index in [1.807, 2.05) is 0 Å². The lowest BCUT2D eigenvalue weighted by Gasteiger charge is -2.15. The molecule has 0 atom stereocenters. The van der Waals surface area contributed by atoms with Gasteiger partial charge in [0.25, 0.3) is 5.91 Å². The van der Waals surface area contributed by atoms with Crippen LogP contribution in [-0.4, -0.2) is 30.1 Å². The highest BCUT2D eigenvalue weighted by molar-refractivity contribution is 6.36. The van der Waals surface area contributed by atoms with Crippen LogP contribution in [0.3, 0.4) is 0 Å². The first-order valence-corrected chi connectivity index (χ1v) is 3.90. The molecule has 11 heavy (non-hydrogen) atoms. The molecule has 0 spiro atoms. The minimum atomic E-state index is -0.168. The maximum Gasteiger partial charge on any atom is 0.266 e. The third-order valence-corrected chi connectivity index (χ3v) is 1.51. The highest BCUT2D eigenvalue weighted by Gasteiger charge is 2.08. The summed E-state index contributed by atoms with van der Waals surface area (Å²) in [5.74, 6) is -0.168. The largest absolute Gasteiger partial charge is 0.341 e. The van der Waals surface area contributed by atoms with Crippen molar-refractivity contribution in [2.24, 2.45) is 0 Å². The van der Waals surface area contributed by atoms with Gasteiger partial charge in [0, 0.05) is 13.6 Å². The molecule has 0 aromatic heterocycles. The molecule has 0 saturated heterocycles. The number of nitrogens with zero attached hydrogens (tertiary/aromatic N) is 1. The summed E-state index contributed by atoms with van der Waals surface area (Å²) in [5.41, 5.74) is 0.114. The Bertz CT molecular complexity index is 154. The lowest BCUT2D eigenvalue weighted by molar-refractivity contribution is -0.123. The Labute approximate surface area is 67.9 Å². The van der Waals surface area contributed by atoms with Crippen molar-refractivity contribution in [2.75, 3.05) is 13.6 Å². The van der Waals surface area contributed by atoms with Crippen LogP contribution in [0.2, 0.25) is 0 Å². The van der Waals surface area contributed by atoms with E-state index in [1.54, 1.807) is 11.9 Å². The molecular weight excluding hydrogens is 140 g/mol.